The lowest BCUT2D eigenvalue weighted by Gasteiger charge is -2.38. The Morgan fingerprint density at radius 1 is 1.16 bits per heavy atom. The third kappa shape index (κ3) is 7.13. The highest BCUT2D eigenvalue weighted by Crippen LogP contribution is 2.42. The molecule has 2 aliphatic rings. The summed E-state index contributed by atoms with van der Waals surface area (Å²) >= 11 is 7.34. The number of ether oxygens (including phenoxy) is 1. The van der Waals surface area contributed by atoms with Crippen LogP contribution >= 0.6 is 22.9 Å². The highest BCUT2D eigenvalue weighted by atomic mass is 35.5. The van der Waals surface area contributed by atoms with Crippen LogP contribution in [0.25, 0.3) is 16.8 Å². The van der Waals surface area contributed by atoms with Gasteiger partial charge in [0.1, 0.15) is 10.8 Å². The number of carbonyl (C=O) groups is 1. The number of aliphatic hydroxyl groups excluding tert-OH is 1. The number of aromatic nitrogens is 1. The fourth-order valence-electron chi connectivity index (χ4n) is 4.87. The summed E-state index contributed by atoms with van der Waals surface area (Å²) in [6.07, 6.45) is -2.58. The first-order valence-corrected chi connectivity index (χ1v) is 14.9. The highest BCUT2D eigenvalue weighted by Gasteiger charge is 2.37. The van der Waals surface area contributed by atoms with Crippen molar-refractivity contribution in [2.24, 2.45) is 0 Å². The molecule has 7 nitrogen and oxygen atoms in total. The standard InChI is InChI=1S/C31H30ClF3N4O3S/c1-19(2)15-26-22(29(40)38-13-11-36-12-14-38)16-23(28-37-24(17-43-28)20-7-9-21(32)10-8-20)30(41)39(26)25-5-3-4-6-27(25)42-18-31(33,34)35/h3-10,15-17,30,36,41H,11-14,18H2,1-2H3. The fraction of sp³-hybridized carbons (Fsp3) is 0.290. The van der Waals surface area contributed by atoms with Gasteiger partial charge in [-0.15, -0.1) is 11.3 Å². The minimum atomic E-state index is -4.57. The molecule has 12 heteroatoms. The molecule has 0 spiro atoms. The number of para-hydroxylation sites is 2. The lowest BCUT2D eigenvalue weighted by atomic mass is 9.97. The van der Waals surface area contributed by atoms with E-state index in [2.05, 4.69) is 5.32 Å². The molecule has 1 atom stereocenters. The number of hydrogen-bond donors (Lipinski definition) is 2. The van der Waals surface area contributed by atoms with E-state index in [0.717, 1.165) is 11.1 Å². The largest absolute Gasteiger partial charge is 0.482 e. The molecule has 3 aromatic rings. The number of benzene rings is 2. The topological polar surface area (TPSA) is 77.9 Å². The maximum absolute atomic E-state index is 14.1. The molecule has 1 fully saturated rings. The molecule has 0 bridgehead atoms. The van der Waals surface area contributed by atoms with Gasteiger partial charge in [0, 0.05) is 47.7 Å². The monoisotopic (exact) mass is 630 g/mol. The van der Waals surface area contributed by atoms with Crippen molar-refractivity contribution in [2.75, 3.05) is 37.7 Å². The molecule has 5 rings (SSSR count). The van der Waals surface area contributed by atoms with E-state index in [1.807, 2.05) is 31.4 Å². The van der Waals surface area contributed by atoms with Gasteiger partial charge in [-0.25, -0.2) is 4.98 Å². The van der Waals surface area contributed by atoms with Crippen molar-refractivity contribution in [3.05, 3.63) is 92.9 Å². The molecule has 0 aliphatic carbocycles. The van der Waals surface area contributed by atoms with Gasteiger partial charge in [0.15, 0.2) is 12.8 Å². The zero-order chi connectivity index (χ0) is 30.7. The van der Waals surface area contributed by atoms with Crippen LogP contribution in [0.1, 0.15) is 18.9 Å². The van der Waals surface area contributed by atoms with E-state index >= 15 is 0 Å². The lowest BCUT2D eigenvalue weighted by molar-refractivity contribution is -0.153. The highest BCUT2D eigenvalue weighted by molar-refractivity contribution is 7.11. The van der Waals surface area contributed by atoms with Crippen LogP contribution in [-0.4, -0.2) is 66.1 Å². The Morgan fingerprint density at radius 2 is 1.86 bits per heavy atom. The zero-order valence-corrected chi connectivity index (χ0v) is 25.1. The Morgan fingerprint density at radius 3 is 2.53 bits per heavy atom. The number of hydrogen-bond acceptors (Lipinski definition) is 7. The van der Waals surface area contributed by atoms with Crippen LogP contribution in [-0.2, 0) is 4.79 Å². The van der Waals surface area contributed by atoms with Gasteiger partial charge in [0.2, 0.25) is 0 Å². The summed E-state index contributed by atoms with van der Waals surface area (Å²) in [6.45, 7) is 4.40. The number of nitrogens with one attached hydrogen (secondary N) is 1. The molecule has 0 saturated carbocycles. The normalized spacial score (nSPS) is 17.6. The number of aliphatic hydroxyl groups is 1. The summed E-state index contributed by atoms with van der Waals surface area (Å²) in [4.78, 5) is 22.0. The number of allylic oxidation sites excluding steroid dienone is 2. The molecular formula is C31H30ClF3N4O3S. The van der Waals surface area contributed by atoms with Crippen LogP contribution in [0.2, 0.25) is 5.02 Å². The first-order valence-electron chi connectivity index (χ1n) is 13.6. The Hall–Kier alpha value is -3.64. The zero-order valence-electron chi connectivity index (χ0n) is 23.5. The Labute approximate surface area is 256 Å². The van der Waals surface area contributed by atoms with Crippen molar-refractivity contribution in [3.8, 4) is 17.0 Å². The van der Waals surface area contributed by atoms with Crippen molar-refractivity contribution in [3.63, 3.8) is 0 Å². The maximum Gasteiger partial charge on any atom is 0.422 e. The molecular weight excluding hydrogens is 601 g/mol. The molecule has 1 amide bonds. The summed E-state index contributed by atoms with van der Waals surface area (Å²) < 4.78 is 44.7. The van der Waals surface area contributed by atoms with Gasteiger partial charge in [0.05, 0.1) is 22.7 Å². The van der Waals surface area contributed by atoms with E-state index in [-0.39, 0.29) is 22.9 Å². The van der Waals surface area contributed by atoms with Crippen molar-refractivity contribution in [1.29, 1.82) is 0 Å². The van der Waals surface area contributed by atoms with Gasteiger partial charge in [-0.1, -0.05) is 41.4 Å². The Kier molecular flexibility index (Phi) is 9.26. The van der Waals surface area contributed by atoms with Crippen LogP contribution in [0.3, 0.4) is 0 Å². The Bertz CT molecular complexity index is 1570. The van der Waals surface area contributed by atoms with Crippen LogP contribution in [0, 0.1) is 0 Å². The number of carbonyl (C=O) groups excluding carboxylic acids is 1. The van der Waals surface area contributed by atoms with Gasteiger partial charge < -0.3 is 25.0 Å². The molecule has 43 heavy (non-hydrogen) atoms. The van der Waals surface area contributed by atoms with Crippen LogP contribution in [0.4, 0.5) is 18.9 Å². The number of thiazole rings is 1. The number of piperazine rings is 1. The van der Waals surface area contributed by atoms with Gasteiger partial charge in [-0.2, -0.15) is 13.2 Å². The van der Waals surface area contributed by atoms with E-state index in [9.17, 15) is 23.1 Å². The predicted molar refractivity (Wildman–Crippen MR) is 163 cm³/mol. The number of amides is 1. The van der Waals surface area contributed by atoms with Crippen molar-refractivity contribution >= 4 is 40.1 Å². The second-order valence-electron chi connectivity index (χ2n) is 10.3. The summed E-state index contributed by atoms with van der Waals surface area (Å²) in [5.74, 6) is -0.346. The van der Waals surface area contributed by atoms with E-state index < -0.39 is 19.0 Å². The molecule has 3 heterocycles. The molecule has 1 aromatic heterocycles. The van der Waals surface area contributed by atoms with E-state index in [0.29, 0.717) is 53.2 Å². The summed E-state index contributed by atoms with van der Waals surface area (Å²) in [5, 5.41) is 18.0. The number of rotatable bonds is 7. The molecule has 2 aromatic carbocycles. The third-order valence-corrected chi connectivity index (χ3v) is 7.97. The number of anilines is 1. The second-order valence-corrected chi connectivity index (χ2v) is 11.6. The SMILES string of the molecule is CC(C)=CC1=C(C(=O)N2CCNCC2)C=C(c2nc(-c3ccc(Cl)cc3)cs2)C(O)N1c1ccccc1OCC(F)(F)F. The molecule has 0 radical (unpaired) electrons. The van der Waals surface area contributed by atoms with Crippen molar-refractivity contribution in [1.82, 2.24) is 15.2 Å². The van der Waals surface area contributed by atoms with Gasteiger partial charge in [-0.05, 0) is 50.3 Å². The number of nitrogens with zero attached hydrogens (tertiary/aromatic N) is 3. The molecule has 226 valence electrons. The molecule has 1 unspecified atom stereocenters. The first-order chi connectivity index (χ1) is 20.5. The molecule has 1 saturated heterocycles. The van der Waals surface area contributed by atoms with Gasteiger partial charge in [0.25, 0.3) is 5.91 Å². The molecule has 2 N–H and O–H groups in total. The first kappa shape index (κ1) is 30.8. The summed E-state index contributed by atoms with van der Waals surface area (Å²) in [6, 6.07) is 13.3. The minimum absolute atomic E-state index is 0.0882. The van der Waals surface area contributed by atoms with Gasteiger partial charge in [-0.3, -0.25) is 4.79 Å². The fourth-order valence-corrected chi connectivity index (χ4v) is 5.86. The minimum Gasteiger partial charge on any atom is -0.482 e. The smallest absolute Gasteiger partial charge is 0.422 e. The maximum atomic E-state index is 14.1. The number of alkyl halides is 3. The van der Waals surface area contributed by atoms with Crippen molar-refractivity contribution in [2.45, 2.75) is 26.3 Å². The quantitative estimate of drug-likeness (QED) is 0.320. The van der Waals surface area contributed by atoms with Crippen LogP contribution in [0.15, 0.2) is 82.9 Å². The third-order valence-electron chi connectivity index (χ3n) is 6.83. The van der Waals surface area contributed by atoms with Crippen LogP contribution in [0.5, 0.6) is 5.75 Å². The van der Waals surface area contributed by atoms with Crippen molar-refractivity contribution < 1.29 is 27.8 Å². The van der Waals surface area contributed by atoms with Crippen LogP contribution < -0.4 is 15.0 Å². The average molecular weight is 631 g/mol. The summed E-state index contributed by atoms with van der Waals surface area (Å²) in [5.41, 5.74) is 3.44. The van der Waals surface area contributed by atoms with E-state index in [1.54, 1.807) is 47.4 Å². The van der Waals surface area contributed by atoms with E-state index in [4.69, 9.17) is 21.3 Å². The van der Waals surface area contributed by atoms with Gasteiger partial charge >= 0.3 is 6.18 Å². The summed E-state index contributed by atoms with van der Waals surface area (Å²) in [7, 11) is 0. The average Bonchev–Trinajstić information content (AvgIpc) is 3.46. The predicted octanol–water partition coefficient (Wildman–Crippen LogP) is 6.28. The lowest BCUT2D eigenvalue weighted by Crippen LogP contribution is -2.48. The molecule has 2 aliphatic heterocycles. The Balaban J connectivity index is 1.67. The van der Waals surface area contributed by atoms with E-state index in [1.165, 1.54) is 22.3 Å². The number of halogens is 4. The second kappa shape index (κ2) is 12.9.